The van der Waals surface area contributed by atoms with Crippen LogP contribution < -0.4 is 0 Å². The zero-order valence-electron chi connectivity index (χ0n) is 12.4. The number of rotatable bonds is 11. The molecule has 0 heterocycles. The van der Waals surface area contributed by atoms with Crippen molar-refractivity contribution in [1.29, 1.82) is 0 Å². The van der Waals surface area contributed by atoms with E-state index < -0.39 is 24.0 Å². The molecule has 0 saturated heterocycles. The van der Waals surface area contributed by atoms with Crippen LogP contribution in [0.2, 0.25) is 0 Å². The predicted octanol–water partition coefficient (Wildman–Crippen LogP) is 2.53. The summed E-state index contributed by atoms with van der Waals surface area (Å²) in [5, 5.41) is 17.9. The highest BCUT2D eigenvalue weighted by Gasteiger charge is 2.22. The number of aliphatic carboxylic acids is 1. The minimum Gasteiger partial charge on any atom is -0.481 e. The van der Waals surface area contributed by atoms with Gasteiger partial charge in [-0.25, -0.2) is 0 Å². The van der Waals surface area contributed by atoms with Gasteiger partial charge in [0.05, 0.1) is 18.4 Å². The van der Waals surface area contributed by atoms with E-state index in [1.54, 1.807) is 0 Å². The number of carbonyl (C=O) groups is 2. The van der Waals surface area contributed by atoms with E-state index in [9.17, 15) is 9.59 Å². The third-order valence-electron chi connectivity index (χ3n) is 2.78. The standard InChI is InChI=1S/C15H26O5/c1-3-4-5-6-7-8-9-13(10-14(17)18)15(19)20-11-12(2)16/h7-8,12-13,16H,3-6,9-11H2,1-2H3,(H,17,18)/b8-7+. The van der Waals surface area contributed by atoms with E-state index in [4.69, 9.17) is 14.9 Å². The lowest BCUT2D eigenvalue weighted by Gasteiger charge is -2.13. The summed E-state index contributed by atoms with van der Waals surface area (Å²) in [6.45, 7) is 3.53. The van der Waals surface area contributed by atoms with Crippen molar-refractivity contribution < 1.29 is 24.5 Å². The van der Waals surface area contributed by atoms with E-state index in [0.717, 1.165) is 19.3 Å². The van der Waals surface area contributed by atoms with Crippen molar-refractivity contribution in [2.24, 2.45) is 5.92 Å². The fourth-order valence-corrected chi connectivity index (χ4v) is 1.68. The molecule has 0 spiro atoms. The van der Waals surface area contributed by atoms with Crippen molar-refractivity contribution in [3.63, 3.8) is 0 Å². The molecule has 0 aromatic heterocycles. The van der Waals surface area contributed by atoms with Crippen LogP contribution in [-0.2, 0) is 14.3 Å². The maximum Gasteiger partial charge on any atom is 0.309 e. The molecule has 0 bridgehead atoms. The average molecular weight is 286 g/mol. The number of carboxylic acid groups (broad SMARTS) is 1. The molecule has 116 valence electrons. The third-order valence-corrected chi connectivity index (χ3v) is 2.78. The van der Waals surface area contributed by atoms with Crippen LogP contribution in [0.3, 0.4) is 0 Å². The van der Waals surface area contributed by atoms with Crippen molar-refractivity contribution in [1.82, 2.24) is 0 Å². The second-order valence-electron chi connectivity index (χ2n) is 4.98. The number of allylic oxidation sites excluding steroid dienone is 2. The summed E-state index contributed by atoms with van der Waals surface area (Å²) in [5.74, 6) is -2.27. The molecule has 5 heteroatoms. The highest BCUT2D eigenvalue weighted by atomic mass is 16.5. The molecule has 2 atom stereocenters. The molecule has 0 rings (SSSR count). The Morgan fingerprint density at radius 2 is 1.95 bits per heavy atom. The van der Waals surface area contributed by atoms with Gasteiger partial charge in [0.15, 0.2) is 0 Å². The molecule has 0 amide bonds. The zero-order valence-corrected chi connectivity index (χ0v) is 12.4. The molecule has 0 aliphatic heterocycles. The molecular formula is C15H26O5. The largest absolute Gasteiger partial charge is 0.481 e. The summed E-state index contributed by atoms with van der Waals surface area (Å²) in [5.41, 5.74) is 0. The molecule has 2 N–H and O–H groups in total. The molecule has 0 saturated carbocycles. The Balaban J connectivity index is 4.19. The van der Waals surface area contributed by atoms with Gasteiger partial charge in [0.1, 0.15) is 6.61 Å². The van der Waals surface area contributed by atoms with Crippen molar-refractivity contribution in [2.75, 3.05) is 6.61 Å². The Bertz CT molecular complexity index is 309. The molecule has 0 radical (unpaired) electrons. The number of hydrogen-bond donors (Lipinski definition) is 2. The van der Waals surface area contributed by atoms with Gasteiger partial charge in [0.25, 0.3) is 0 Å². The quantitative estimate of drug-likeness (QED) is 0.346. The molecule has 0 aromatic carbocycles. The zero-order chi connectivity index (χ0) is 15.4. The Labute approximate surface area is 120 Å². The van der Waals surface area contributed by atoms with Gasteiger partial charge in [-0.3, -0.25) is 9.59 Å². The van der Waals surface area contributed by atoms with Crippen LogP contribution in [0, 0.1) is 5.92 Å². The van der Waals surface area contributed by atoms with E-state index in [0.29, 0.717) is 6.42 Å². The Hall–Kier alpha value is -1.36. The second kappa shape index (κ2) is 11.5. The molecule has 5 nitrogen and oxygen atoms in total. The Morgan fingerprint density at radius 3 is 2.50 bits per heavy atom. The molecule has 0 fully saturated rings. The summed E-state index contributed by atoms with van der Waals surface area (Å²) in [6.07, 6.45) is 7.54. The number of aliphatic hydroxyl groups excluding tert-OH is 1. The Kier molecular flexibility index (Phi) is 10.7. The fourth-order valence-electron chi connectivity index (χ4n) is 1.68. The monoisotopic (exact) mass is 286 g/mol. The number of esters is 1. The fraction of sp³-hybridized carbons (Fsp3) is 0.733. The van der Waals surface area contributed by atoms with Crippen LogP contribution in [0.25, 0.3) is 0 Å². The molecule has 0 aromatic rings. The van der Waals surface area contributed by atoms with Gasteiger partial charge < -0.3 is 14.9 Å². The van der Waals surface area contributed by atoms with E-state index in [-0.39, 0.29) is 13.0 Å². The van der Waals surface area contributed by atoms with E-state index in [1.807, 2.05) is 12.2 Å². The minimum absolute atomic E-state index is 0.102. The van der Waals surface area contributed by atoms with E-state index >= 15 is 0 Å². The normalized spacial score (nSPS) is 14.2. The summed E-state index contributed by atoms with van der Waals surface area (Å²) in [4.78, 5) is 22.5. The first kappa shape index (κ1) is 18.6. The van der Waals surface area contributed by atoms with E-state index in [1.165, 1.54) is 13.3 Å². The Morgan fingerprint density at radius 1 is 1.25 bits per heavy atom. The van der Waals surface area contributed by atoms with Gasteiger partial charge in [0.2, 0.25) is 0 Å². The molecular weight excluding hydrogens is 260 g/mol. The number of hydrogen-bond acceptors (Lipinski definition) is 4. The summed E-state index contributed by atoms with van der Waals surface area (Å²) in [6, 6.07) is 0. The summed E-state index contributed by atoms with van der Waals surface area (Å²) >= 11 is 0. The smallest absolute Gasteiger partial charge is 0.309 e. The number of unbranched alkanes of at least 4 members (excludes halogenated alkanes) is 3. The van der Waals surface area contributed by atoms with Gasteiger partial charge in [-0.05, 0) is 26.2 Å². The van der Waals surface area contributed by atoms with Crippen LogP contribution >= 0.6 is 0 Å². The van der Waals surface area contributed by atoms with Gasteiger partial charge in [0, 0.05) is 0 Å². The third kappa shape index (κ3) is 10.6. The molecule has 20 heavy (non-hydrogen) atoms. The SMILES string of the molecule is CCCCC/C=C/CC(CC(=O)O)C(=O)OCC(C)O. The summed E-state index contributed by atoms with van der Waals surface area (Å²) in [7, 11) is 0. The van der Waals surface area contributed by atoms with Gasteiger partial charge in [-0.1, -0.05) is 31.9 Å². The molecule has 0 aliphatic carbocycles. The number of carboxylic acids is 1. The highest BCUT2D eigenvalue weighted by Crippen LogP contribution is 2.13. The minimum atomic E-state index is -1.02. The second-order valence-corrected chi connectivity index (χ2v) is 4.98. The average Bonchev–Trinajstić information content (AvgIpc) is 2.38. The lowest BCUT2D eigenvalue weighted by molar-refractivity contribution is -0.155. The van der Waals surface area contributed by atoms with Crippen molar-refractivity contribution in [2.45, 2.75) is 58.5 Å². The number of aliphatic hydroxyl groups is 1. The van der Waals surface area contributed by atoms with Gasteiger partial charge in [-0.2, -0.15) is 0 Å². The first-order valence-electron chi connectivity index (χ1n) is 7.18. The van der Waals surface area contributed by atoms with E-state index in [2.05, 4.69) is 6.92 Å². The van der Waals surface area contributed by atoms with Crippen molar-refractivity contribution in [3.05, 3.63) is 12.2 Å². The van der Waals surface area contributed by atoms with Crippen molar-refractivity contribution in [3.8, 4) is 0 Å². The van der Waals surface area contributed by atoms with Crippen LogP contribution in [0.15, 0.2) is 12.2 Å². The first-order chi connectivity index (χ1) is 9.47. The summed E-state index contributed by atoms with van der Waals surface area (Å²) < 4.78 is 4.88. The maximum absolute atomic E-state index is 11.7. The van der Waals surface area contributed by atoms with Gasteiger partial charge in [-0.15, -0.1) is 0 Å². The number of ether oxygens (including phenoxy) is 1. The topological polar surface area (TPSA) is 83.8 Å². The van der Waals surface area contributed by atoms with Crippen LogP contribution in [0.1, 0.15) is 52.4 Å². The highest BCUT2D eigenvalue weighted by molar-refractivity contribution is 5.79. The maximum atomic E-state index is 11.7. The lowest BCUT2D eigenvalue weighted by Crippen LogP contribution is -2.24. The first-order valence-corrected chi connectivity index (χ1v) is 7.18. The molecule has 0 aliphatic rings. The van der Waals surface area contributed by atoms with Crippen LogP contribution in [-0.4, -0.2) is 34.9 Å². The van der Waals surface area contributed by atoms with Crippen LogP contribution in [0.5, 0.6) is 0 Å². The number of carbonyl (C=O) groups excluding carboxylic acids is 1. The predicted molar refractivity (Wildman–Crippen MR) is 76.3 cm³/mol. The van der Waals surface area contributed by atoms with Crippen LogP contribution in [0.4, 0.5) is 0 Å². The lowest BCUT2D eigenvalue weighted by atomic mass is 10.0. The van der Waals surface area contributed by atoms with Gasteiger partial charge >= 0.3 is 11.9 Å². The van der Waals surface area contributed by atoms with Crippen molar-refractivity contribution >= 4 is 11.9 Å². The molecule has 2 unspecified atom stereocenters.